The van der Waals surface area contributed by atoms with Crippen molar-refractivity contribution in [2.24, 2.45) is 11.7 Å². The van der Waals surface area contributed by atoms with E-state index in [9.17, 15) is 0 Å². The van der Waals surface area contributed by atoms with Crippen LogP contribution in [0, 0.1) is 5.92 Å². The Morgan fingerprint density at radius 2 is 2.29 bits per heavy atom. The van der Waals surface area contributed by atoms with Crippen LogP contribution in [0.3, 0.4) is 0 Å². The molecule has 0 aromatic heterocycles. The van der Waals surface area contributed by atoms with Gasteiger partial charge in [0, 0.05) is 6.04 Å². The number of hydrogen-bond donors (Lipinski definition) is 1. The lowest BCUT2D eigenvalue weighted by atomic mass is 9.81. The Bertz CT molecular complexity index is 454. The summed E-state index contributed by atoms with van der Waals surface area (Å²) in [5.74, 6) is 0.425. The molecule has 21 heavy (non-hydrogen) atoms. The van der Waals surface area contributed by atoms with Crippen molar-refractivity contribution in [1.29, 1.82) is 0 Å². The Kier molecular flexibility index (Phi) is 7.41. The average molecular weight is 287 g/mol. The van der Waals surface area contributed by atoms with Crippen LogP contribution < -0.4 is 5.73 Å². The first-order valence-electron chi connectivity index (χ1n) is 7.65. The number of ether oxygens (including phenoxy) is 1. The molecule has 0 aromatic carbocycles. The first-order valence-corrected chi connectivity index (χ1v) is 7.65. The molecule has 0 saturated heterocycles. The lowest BCUT2D eigenvalue weighted by molar-refractivity contribution is 0.0833. The molecule has 0 bridgehead atoms. The highest BCUT2D eigenvalue weighted by atomic mass is 16.5. The molecule has 2 heteroatoms. The normalized spacial score (nSPS) is 24.8. The Morgan fingerprint density at radius 1 is 1.57 bits per heavy atom. The molecule has 3 atom stereocenters. The minimum absolute atomic E-state index is 0.0424. The van der Waals surface area contributed by atoms with Crippen molar-refractivity contribution in [3.8, 4) is 0 Å². The molecular weight excluding hydrogens is 258 g/mol. The minimum Gasteiger partial charge on any atom is -0.369 e. The molecule has 1 rings (SSSR count). The van der Waals surface area contributed by atoms with Crippen molar-refractivity contribution in [1.82, 2.24) is 0 Å². The van der Waals surface area contributed by atoms with E-state index >= 15 is 0 Å². The van der Waals surface area contributed by atoms with E-state index in [1.807, 2.05) is 26.0 Å². The number of rotatable bonds is 7. The molecule has 1 aliphatic rings. The van der Waals surface area contributed by atoms with Gasteiger partial charge >= 0.3 is 0 Å². The molecule has 3 unspecified atom stereocenters. The Labute approximate surface area is 129 Å². The van der Waals surface area contributed by atoms with E-state index in [-0.39, 0.29) is 12.1 Å². The van der Waals surface area contributed by atoms with Gasteiger partial charge in [0.25, 0.3) is 0 Å². The summed E-state index contributed by atoms with van der Waals surface area (Å²) in [5.41, 5.74) is 9.59. The zero-order valence-corrected chi connectivity index (χ0v) is 13.6. The van der Waals surface area contributed by atoms with E-state index in [0.29, 0.717) is 12.5 Å². The topological polar surface area (TPSA) is 35.2 Å². The molecular formula is C19H29NO. The van der Waals surface area contributed by atoms with Gasteiger partial charge in [-0.3, -0.25) is 0 Å². The summed E-state index contributed by atoms with van der Waals surface area (Å²) in [5, 5.41) is 0. The van der Waals surface area contributed by atoms with E-state index in [1.54, 1.807) is 6.08 Å². The Morgan fingerprint density at radius 3 is 2.86 bits per heavy atom. The van der Waals surface area contributed by atoms with E-state index in [0.717, 1.165) is 24.0 Å². The zero-order chi connectivity index (χ0) is 15.8. The third kappa shape index (κ3) is 5.86. The highest BCUT2D eigenvalue weighted by Crippen LogP contribution is 2.31. The molecule has 0 radical (unpaired) electrons. The highest BCUT2D eigenvalue weighted by molar-refractivity contribution is 5.23. The van der Waals surface area contributed by atoms with Gasteiger partial charge in [0.15, 0.2) is 0 Å². The summed E-state index contributed by atoms with van der Waals surface area (Å²) in [7, 11) is 0. The maximum Gasteiger partial charge on any atom is 0.0768 e. The SMILES string of the molecule is C=C/C=C(\C=C/C)COC1C=C(C)CC(C(=C)C(C)N)C1. The third-order valence-corrected chi connectivity index (χ3v) is 3.84. The first-order chi connectivity index (χ1) is 9.97. The fourth-order valence-electron chi connectivity index (χ4n) is 2.70. The molecule has 0 aromatic rings. The molecule has 0 fully saturated rings. The van der Waals surface area contributed by atoms with Crippen LogP contribution in [0.25, 0.3) is 0 Å². The molecule has 0 amide bonds. The van der Waals surface area contributed by atoms with Gasteiger partial charge in [0.05, 0.1) is 12.7 Å². The number of nitrogens with two attached hydrogens (primary N) is 1. The largest absolute Gasteiger partial charge is 0.369 e. The number of allylic oxidation sites excluding steroid dienone is 4. The van der Waals surface area contributed by atoms with Gasteiger partial charge in [0.2, 0.25) is 0 Å². The van der Waals surface area contributed by atoms with Crippen LogP contribution in [0.4, 0.5) is 0 Å². The fourth-order valence-corrected chi connectivity index (χ4v) is 2.70. The Hall–Kier alpha value is -1.38. The predicted molar refractivity (Wildman–Crippen MR) is 92.1 cm³/mol. The zero-order valence-electron chi connectivity index (χ0n) is 13.6. The lowest BCUT2D eigenvalue weighted by Gasteiger charge is -2.30. The van der Waals surface area contributed by atoms with E-state index in [1.165, 1.54) is 5.57 Å². The molecule has 0 spiro atoms. The van der Waals surface area contributed by atoms with Crippen molar-refractivity contribution in [3.05, 3.63) is 60.3 Å². The van der Waals surface area contributed by atoms with Gasteiger partial charge < -0.3 is 10.5 Å². The highest BCUT2D eigenvalue weighted by Gasteiger charge is 2.24. The number of hydrogen-bond acceptors (Lipinski definition) is 2. The van der Waals surface area contributed by atoms with Crippen molar-refractivity contribution >= 4 is 0 Å². The molecule has 0 aliphatic heterocycles. The third-order valence-electron chi connectivity index (χ3n) is 3.84. The van der Waals surface area contributed by atoms with E-state index in [4.69, 9.17) is 10.5 Å². The van der Waals surface area contributed by atoms with Crippen LogP contribution in [0.2, 0.25) is 0 Å². The minimum atomic E-state index is 0.0424. The maximum absolute atomic E-state index is 6.06. The fraction of sp³-hybridized carbons (Fsp3) is 0.474. The van der Waals surface area contributed by atoms with Crippen LogP contribution in [0.15, 0.2) is 60.3 Å². The summed E-state index contributed by atoms with van der Waals surface area (Å²) in [6, 6.07) is 0.0424. The van der Waals surface area contributed by atoms with E-state index < -0.39 is 0 Å². The second kappa shape index (κ2) is 8.81. The standard InChI is InChI=1S/C19H29NO/c1-6-8-17(9-7-2)13-21-19-11-14(3)10-18(12-19)15(4)16(5)20/h6-9,11,16,18-19H,1,4,10,12-13,20H2,2-3,5H3/b9-7-,17-8+. The summed E-state index contributed by atoms with van der Waals surface area (Å²) < 4.78 is 6.06. The average Bonchev–Trinajstić information content (AvgIpc) is 2.43. The van der Waals surface area contributed by atoms with Crippen molar-refractivity contribution in [3.63, 3.8) is 0 Å². The quantitative estimate of drug-likeness (QED) is 0.559. The molecule has 0 saturated carbocycles. The molecule has 2 N–H and O–H groups in total. The first kappa shape index (κ1) is 17.7. The predicted octanol–water partition coefficient (Wildman–Crippen LogP) is 4.32. The van der Waals surface area contributed by atoms with Gasteiger partial charge in [-0.25, -0.2) is 0 Å². The van der Waals surface area contributed by atoms with E-state index in [2.05, 4.69) is 32.2 Å². The van der Waals surface area contributed by atoms with Gasteiger partial charge in [-0.15, -0.1) is 0 Å². The molecule has 0 heterocycles. The summed E-state index contributed by atoms with van der Waals surface area (Å²) in [6.45, 7) is 14.7. The van der Waals surface area contributed by atoms with Crippen LogP contribution >= 0.6 is 0 Å². The van der Waals surface area contributed by atoms with Crippen molar-refractivity contribution in [2.75, 3.05) is 6.61 Å². The Balaban J connectivity index is 2.66. The van der Waals surface area contributed by atoms with Crippen molar-refractivity contribution < 1.29 is 4.74 Å². The van der Waals surface area contributed by atoms with Crippen LogP contribution in [0.1, 0.15) is 33.6 Å². The van der Waals surface area contributed by atoms with Crippen molar-refractivity contribution in [2.45, 2.75) is 45.8 Å². The van der Waals surface area contributed by atoms with Gasteiger partial charge in [-0.1, -0.05) is 54.7 Å². The summed E-state index contributed by atoms with van der Waals surface area (Å²) >= 11 is 0. The smallest absolute Gasteiger partial charge is 0.0768 e. The van der Waals surface area contributed by atoms with Crippen LogP contribution in [0.5, 0.6) is 0 Å². The van der Waals surface area contributed by atoms with Crippen LogP contribution in [-0.2, 0) is 4.74 Å². The second-order valence-corrected chi connectivity index (χ2v) is 5.84. The van der Waals surface area contributed by atoms with Gasteiger partial charge in [0.1, 0.15) is 0 Å². The van der Waals surface area contributed by atoms with Gasteiger partial charge in [-0.05, 0) is 45.1 Å². The summed E-state index contributed by atoms with van der Waals surface area (Å²) in [6.07, 6.45) is 12.2. The second-order valence-electron chi connectivity index (χ2n) is 5.84. The molecule has 2 nitrogen and oxygen atoms in total. The lowest BCUT2D eigenvalue weighted by Crippen LogP contribution is -2.29. The molecule has 116 valence electrons. The van der Waals surface area contributed by atoms with Crippen LogP contribution in [-0.4, -0.2) is 18.8 Å². The molecule has 1 aliphatic carbocycles. The van der Waals surface area contributed by atoms with Gasteiger partial charge in [-0.2, -0.15) is 0 Å². The maximum atomic E-state index is 6.06. The summed E-state index contributed by atoms with van der Waals surface area (Å²) in [4.78, 5) is 0. The monoisotopic (exact) mass is 287 g/mol.